The van der Waals surface area contributed by atoms with Gasteiger partial charge >= 0.3 is 5.97 Å². The molecule has 3 N–H and O–H groups in total. The third kappa shape index (κ3) is 3.15. The van der Waals surface area contributed by atoms with Crippen LogP contribution in [-0.2, 0) is 0 Å². The smallest absolute Gasteiger partial charge is 0.337 e. The van der Waals surface area contributed by atoms with Gasteiger partial charge < -0.3 is 10.8 Å². The molecular formula is C10H15NO2. The van der Waals surface area contributed by atoms with Gasteiger partial charge in [-0.05, 0) is 19.1 Å². The van der Waals surface area contributed by atoms with Gasteiger partial charge in [0.25, 0.3) is 0 Å². The summed E-state index contributed by atoms with van der Waals surface area (Å²) in [7, 11) is 0. The molecule has 0 unspecified atom stereocenters. The van der Waals surface area contributed by atoms with Gasteiger partial charge in [-0.15, -0.1) is 0 Å². The molecule has 0 aliphatic rings. The Morgan fingerprint density at radius 2 is 1.92 bits per heavy atom. The van der Waals surface area contributed by atoms with E-state index in [9.17, 15) is 4.79 Å². The molecule has 0 aliphatic carbocycles. The zero-order chi connectivity index (χ0) is 10.4. The summed E-state index contributed by atoms with van der Waals surface area (Å²) < 4.78 is 0. The van der Waals surface area contributed by atoms with Gasteiger partial charge in [0, 0.05) is 5.69 Å². The van der Waals surface area contributed by atoms with Crippen LogP contribution in [0, 0.1) is 6.92 Å². The van der Waals surface area contributed by atoms with Crippen molar-refractivity contribution >= 4 is 11.7 Å². The highest BCUT2D eigenvalue weighted by molar-refractivity contribution is 5.93. The van der Waals surface area contributed by atoms with Crippen molar-refractivity contribution in [1.29, 1.82) is 0 Å². The van der Waals surface area contributed by atoms with E-state index in [1.807, 2.05) is 20.8 Å². The zero-order valence-corrected chi connectivity index (χ0v) is 8.16. The highest BCUT2D eigenvalue weighted by Crippen LogP contribution is 2.12. The van der Waals surface area contributed by atoms with E-state index in [1.54, 1.807) is 18.2 Å². The minimum atomic E-state index is -0.980. The van der Waals surface area contributed by atoms with E-state index < -0.39 is 5.97 Å². The molecule has 1 rings (SSSR count). The summed E-state index contributed by atoms with van der Waals surface area (Å²) in [4.78, 5) is 10.5. The fourth-order valence-corrected chi connectivity index (χ4v) is 0.855. The predicted molar refractivity (Wildman–Crippen MR) is 53.9 cm³/mol. The Balaban J connectivity index is 0.000000671. The van der Waals surface area contributed by atoms with E-state index in [0.29, 0.717) is 5.69 Å². The summed E-state index contributed by atoms with van der Waals surface area (Å²) >= 11 is 0. The second-order valence-corrected chi connectivity index (χ2v) is 2.40. The highest BCUT2D eigenvalue weighted by atomic mass is 16.4. The molecule has 0 spiro atoms. The van der Waals surface area contributed by atoms with Crippen LogP contribution in [0.1, 0.15) is 29.8 Å². The van der Waals surface area contributed by atoms with Crippen LogP contribution in [0.15, 0.2) is 18.2 Å². The van der Waals surface area contributed by atoms with Crippen molar-refractivity contribution in [3.63, 3.8) is 0 Å². The maximum absolute atomic E-state index is 10.5. The molecule has 0 heterocycles. The molecule has 0 atom stereocenters. The Kier molecular flexibility index (Phi) is 4.59. The molecule has 0 saturated carbocycles. The molecule has 0 saturated heterocycles. The molecule has 13 heavy (non-hydrogen) atoms. The zero-order valence-electron chi connectivity index (χ0n) is 8.16. The number of hydrogen-bond acceptors (Lipinski definition) is 2. The molecule has 72 valence electrons. The van der Waals surface area contributed by atoms with Gasteiger partial charge in [0.15, 0.2) is 0 Å². The van der Waals surface area contributed by atoms with Gasteiger partial charge in [-0.3, -0.25) is 0 Å². The molecule has 1 aromatic carbocycles. The second kappa shape index (κ2) is 5.19. The van der Waals surface area contributed by atoms with Crippen LogP contribution in [0.5, 0.6) is 0 Å². The number of nitrogen functional groups attached to an aromatic ring is 1. The molecule has 3 heteroatoms. The van der Waals surface area contributed by atoms with Gasteiger partial charge in [0.05, 0.1) is 5.56 Å². The number of anilines is 1. The Bertz CT molecular complexity index is 295. The number of carboxylic acids is 1. The lowest BCUT2D eigenvalue weighted by Gasteiger charge is -2.00. The summed E-state index contributed by atoms with van der Waals surface area (Å²) in [6.07, 6.45) is 0. The van der Waals surface area contributed by atoms with E-state index in [2.05, 4.69) is 0 Å². The normalized spacial score (nSPS) is 8.54. The first kappa shape index (κ1) is 11.5. The second-order valence-electron chi connectivity index (χ2n) is 2.40. The average Bonchev–Trinajstić information content (AvgIpc) is 2.12. The van der Waals surface area contributed by atoms with Crippen LogP contribution < -0.4 is 5.73 Å². The predicted octanol–water partition coefficient (Wildman–Crippen LogP) is 2.30. The Morgan fingerprint density at radius 1 is 1.38 bits per heavy atom. The van der Waals surface area contributed by atoms with E-state index >= 15 is 0 Å². The first-order valence-corrected chi connectivity index (χ1v) is 4.20. The molecule has 0 amide bonds. The topological polar surface area (TPSA) is 63.3 Å². The minimum Gasteiger partial charge on any atom is -0.478 e. The number of benzene rings is 1. The lowest BCUT2D eigenvalue weighted by Crippen LogP contribution is -2.02. The number of hydrogen-bond donors (Lipinski definition) is 2. The summed E-state index contributed by atoms with van der Waals surface area (Å²) in [5.74, 6) is -0.980. The lowest BCUT2D eigenvalue weighted by molar-refractivity contribution is 0.0698. The van der Waals surface area contributed by atoms with Crippen molar-refractivity contribution in [2.24, 2.45) is 0 Å². The number of aryl methyl sites for hydroxylation is 1. The largest absolute Gasteiger partial charge is 0.478 e. The summed E-state index contributed by atoms with van der Waals surface area (Å²) in [6.45, 7) is 5.83. The van der Waals surface area contributed by atoms with Gasteiger partial charge in [0.1, 0.15) is 0 Å². The van der Waals surface area contributed by atoms with E-state index in [4.69, 9.17) is 10.8 Å². The van der Waals surface area contributed by atoms with Gasteiger partial charge in [-0.25, -0.2) is 4.79 Å². The fourth-order valence-electron chi connectivity index (χ4n) is 0.855. The highest BCUT2D eigenvalue weighted by Gasteiger charge is 2.05. The molecule has 0 aliphatic heterocycles. The number of carboxylic acid groups (broad SMARTS) is 1. The quantitative estimate of drug-likeness (QED) is 0.653. The van der Waals surface area contributed by atoms with Crippen LogP contribution in [-0.4, -0.2) is 11.1 Å². The average molecular weight is 181 g/mol. The van der Waals surface area contributed by atoms with Crippen molar-refractivity contribution in [3.05, 3.63) is 29.3 Å². The standard InChI is InChI=1S/C8H9NO2.C2H6/c1-5-2-3-7(9)6(4-5)8(10)11;1-2/h2-4H,9H2,1H3,(H,10,11);1-2H3. The first-order chi connectivity index (χ1) is 6.11. The fraction of sp³-hybridized carbons (Fsp3) is 0.300. The lowest BCUT2D eigenvalue weighted by atomic mass is 10.1. The monoisotopic (exact) mass is 181 g/mol. The molecule has 1 aromatic rings. The van der Waals surface area contributed by atoms with Crippen LogP contribution >= 0.6 is 0 Å². The van der Waals surface area contributed by atoms with Crippen molar-refractivity contribution < 1.29 is 9.90 Å². The van der Waals surface area contributed by atoms with Gasteiger partial charge in [0.2, 0.25) is 0 Å². The van der Waals surface area contributed by atoms with E-state index in [-0.39, 0.29) is 5.56 Å². The van der Waals surface area contributed by atoms with Gasteiger partial charge in [-0.2, -0.15) is 0 Å². The van der Waals surface area contributed by atoms with Crippen molar-refractivity contribution in [1.82, 2.24) is 0 Å². The molecule has 0 radical (unpaired) electrons. The van der Waals surface area contributed by atoms with Crippen LogP contribution in [0.25, 0.3) is 0 Å². The third-order valence-electron chi connectivity index (χ3n) is 1.44. The number of aromatic carboxylic acids is 1. The molecule has 3 nitrogen and oxygen atoms in total. The Morgan fingerprint density at radius 3 is 2.31 bits per heavy atom. The Hall–Kier alpha value is -1.51. The Labute approximate surface area is 78.2 Å². The van der Waals surface area contributed by atoms with E-state index in [0.717, 1.165) is 5.56 Å². The van der Waals surface area contributed by atoms with Crippen molar-refractivity contribution in [3.8, 4) is 0 Å². The maximum atomic E-state index is 10.5. The maximum Gasteiger partial charge on any atom is 0.337 e. The van der Waals surface area contributed by atoms with Crippen LogP contribution in [0.2, 0.25) is 0 Å². The third-order valence-corrected chi connectivity index (χ3v) is 1.44. The van der Waals surface area contributed by atoms with Crippen molar-refractivity contribution in [2.75, 3.05) is 5.73 Å². The summed E-state index contributed by atoms with van der Waals surface area (Å²) in [6, 6.07) is 4.93. The summed E-state index contributed by atoms with van der Waals surface area (Å²) in [5.41, 5.74) is 6.79. The molecule has 0 bridgehead atoms. The van der Waals surface area contributed by atoms with Crippen LogP contribution in [0.3, 0.4) is 0 Å². The summed E-state index contributed by atoms with van der Waals surface area (Å²) in [5, 5.41) is 8.61. The molecule has 0 aromatic heterocycles. The van der Waals surface area contributed by atoms with Crippen LogP contribution in [0.4, 0.5) is 5.69 Å². The van der Waals surface area contributed by atoms with Gasteiger partial charge in [-0.1, -0.05) is 25.5 Å². The van der Waals surface area contributed by atoms with E-state index in [1.165, 1.54) is 0 Å². The SMILES string of the molecule is CC.Cc1ccc(N)c(C(=O)O)c1. The first-order valence-electron chi connectivity index (χ1n) is 4.20. The number of carbonyl (C=O) groups is 1. The number of nitrogens with two attached hydrogens (primary N) is 1. The molecule has 0 fully saturated rings. The van der Waals surface area contributed by atoms with Crippen molar-refractivity contribution in [2.45, 2.75) is 20.8 Å². The molecular weight excluding hydrogens is 166 g/mol. The number of rotatable bonds is 1. The minimum absolute atomic E-state index is 0.171.